The van der Waals surface area contributed by atoms with Gasteiger partial charge >= 0.3 is 0 Å². The van der Waals surface area contributed by atoms with E-state index in [-0.39, 0.29) is 31.5 Å². The monoisotopic (exact) mass is 1020 g/mol. The summed E-state index contributed by atoms with van der Waals surface area (Å²) in [5.41, 5.74) is 6.40. The number of aliphatic hydroxyl groups is 1. The van der Waals surface area contributed by atoms with Crippen LogP contribution in [0.1, 0.15) is 116 Å². The minimum Gasteiger partial charge on any atom is -0.391 e. The lowest BCUT2D eigenvalue weighted by Crippen LogP contribution is -2.58. The smallest absolute Gasteiger partial charge is 0.246 e. The molecule has 1 spiro atoms. The minimum absolute atomic E-state index is 0.00254. The van der Waals surface area contributed by atoms with Gasteiger partial charge in [0.15, 0.2) is 0 Å². The summed E-state index contributed by atoms with van der Waals surface area (Å²) in [4.78, 5) is 71.4. The van der Waals surface area contributed by atoms with Crippen molar-refractivity contribution >= 4 is 57.7 Å². The molecule has 4 aromatic heterocycles. The molecule has 4 atom stereocenters. The summed E-state index contributed by atoms with van der Waals surface area (Å²) in [6.45, 7) is 22.2. The number of hydrogen-bond donors (Lipinski definition) is 4. The van der Waals surface area contributed by atoms with Crippen molar-refractivity contribution < 1.29 is 29.0 Å². The zero-order valence-electron chi connectivity index (χ0n) is 44.0. The van der Waals surface area contributed by atoms with Gasteiger partial charge in [0.05, 0.1) is 39.9 Å². The molecule has 4 N–H and O–H groups in total. The highest BCUT2D eigenvalue weighted by Crippen LogP contribution is 2.42. The number of carbonyl (C=O) groups is 3. The van der Waals surface area contributed by atoms with Gasteiger partial charge in [-0.05, 0) is 114 Å². The summed E-state index contributed by atoms with van der Waals surface area (Å²) in [7, 11) is 0. The molecule has 2 unspecified atom stereocenters. The summed E-state index contributed by atoms with van der Waals surface area (Å²) in [5.74, 6) is 2.00. The number of rotatable bonds is 20. The average Bonchev–Trinajstić information content (AvgIpc) is 4.08. The number of aromatic nitrogens is 6. The van der Waals surface area contributed by atoms with Crippen molar-refractivity contribution in [1.29, 1.82) is 0 Å². The number of thiazole rings is 1. The summed E-state index contributed by atoms with van der Waals surface area (Å²) >= 11 is 1.58. The van der Waals surface area contributed by atoms with Crippen LogP contribution in [0.3, 0.4) is 0 Å². The lowest BCUT2D eigenvalue weighted by Gasteiger charge is -2.47. The van der Waals surface area contributed by atoms with Gasteiger partial charge in [0.25, 0.3) is 0 Å². The van der Waals surface area contributed by atoms with Crippen molar-refractivity contribution in [2.45, 2.75) is 131 Å². The molecule has 7 heterocycles. The van der Waals surface area contributed by atoms with Crippen molar-refractivity contribution in [3.63, 3.8) is 0 Å². The van der Waals surface area contributed by atoms with Crippen LogP contribution in [0.15, 0.2) is 54.3 Å². The molecule has 18 nitrogen and oxygen atoms in total. The number of imidazole rings is 1. The molecule has 8 rings (SSSR count). The molecule has 5 aromatic rings. The number of nitrogens with one attached hydrogen (secondary N) is 3. The van der Waals surface area contributed by atoms with Crippen molar-refractivity contribution in [2.75, 3.05) is 75.9 Å². The second kappa shape index (κ2) is 23.7. The first-order valence-electron chi connectivity index (χ1n) is 26.1. The maximum absolute atomic E-state index is 14.1. The highest BCUT2D eigenvalue weighted by atomic mass is 32.1. The fourth-order valence-electron chi connectivity index (χ4n) is 10.6. The molecule has 0 aliphatic carbocycles. The number of nitrogens with zero attached hydrogens (tertiary/aromatic N) is 9. The van der Waals surface area contributed by atoms with E-state index in [0.717, 1.165) is 108 Å². The molecule has 1 aromatic carbocycles. The van der Waals surface area contributed by atoms with E-state index in [9.17, 15) is 19.5 Å². The molecule has 3 aliphatic heterocycles. The van der Waals surface area contributed by atoms with Gasteiger partial charge in [-0.1, -0.05) is 45.0 Å². The summed E-state index contributed by atoms with van der Waals surface area (Å²) in [6.07, 6.45) is 9.15. The van der Waals surface area contributed by atoms with Gasteiger partial charge in [-0.3, -0.25) is 14.4 Å². The fourth-order valence-corrected chi connectivity index (χ4v) is 11.4. The summed E-state index contributed by atoms with van der Waals surface area (Å²) in [6, 6.07) is 10.1. The predicted octanol–water partition coefficient (Wildman–Crippen LogP) is 7.15. The Bertz CT molecular complexity index is 2650. The predicted molar refractivity (Wildman–Crippen MR) is 285 cm³/mol. The van der Waals surface area contributed by atoms with E-state index >= 15 is 0 Å². The number of β-amino-alcohol motifs (C(OH)–C–C–N with tert-alkyl or cyclic N) is 1. The van der Waals surface area contributed by atoms with Crippen molar-refractivity contribution in [1.82, 2.24) is 49.9 Å². The van der Waals surface area contributed by atoms with Crippen LogP contribution in [0, 0.1) is 24.7 Å². The number of aryl methyl sites for hydroxylation is 2. The van der Waals surface area contributed by atoms with E-state index in [1.165, 1.54) is 17.7 Å². The SMILES string of the molecule is Cc1ncsc1-c1ccc(C(C)NC(=O)[C@@H]2C[C@@H](O)CN2C(=O)C(NC(=O)COCCCOCCCN2CCC3(CC2)CCN(c2nccc(Nc4cc5c(cn4)nc(C)n5C(C)C)n2)CC3)C(C)(C)C)cc1. The van der Waals surface area contributed by atoms with Crippen LogP contribution in [-0.2, 0) is 23.9 Å². The first-order valence-corrected chi connectivity index (χ1v) is 27.0. The minimum atomic E-state index is -0.934. The standard InChI is InChI=1S/C54H76N12O6S/c1-35(2)66-38(5)59-42-31-56-46(30-43(42)66)60-45-15-20-55-52(61-45)64-24-18-54(19-25-64)16-22-63(23-17-54)21-9-26-71-27-10-28-72-33-47(68)62-49(53(6,7)8)51(70)65-32-41(67)29-44(65)50(69)58-36(3)39-11-13-40(14-12-39)48-37(4)57-34-73-48/h11-15,20,30-31,34-36,41,44,49,67H,9-10,16-19,21-29,32-33H2,1-8H3,(H,58,69)(H,62,68)(H,55,56,60,61)/t36?,41-,44+,49?/m1/s1. The second-order valence-corrected chi connectivity index (χ2v) is 22.5. The van der Waals surface area contributed by atoms with Crippen LogP contribution in [0.2, 0.25) is 0 Å². The van der Waals surface area contributed by atoms with E-state index in [1.54, 1.807) is 11.3 Å². The van der Waals surface area contributed by atoms with Crippen LogP contribution in [0.25, 0.3) is 21.5 Å². The molecule has 19 heteroatoms. The van der Waals surface area contributed by atoms with Gasteiger partial charge in [-0.25, -0.2) is 19.9 Å². The number of aliphatic hydroxyl groups excluding tert-OH is 1. The Labute approximate surface area is 434 Å². The largest absolute Gasteiger partial charge is 0.391 e. The van der Waals surface area contributed by atoms with E-state index < -0.39 is 35.4 Å². The van der Waals surface area contributed by atoms with Gasteiger partial charge < -0.3 is 49.8 Å². The number of ether oxygens (including phenoxy) is 2. The molecule has 3 amide bonds. The zero-order chi connectivity index (χ0) is 51.9. The Morgan fingerprint density at radius 2 is 1.59 bits per heavy atom. The Kier molecular flexibility index (Phi) is 17.5. The van der Waals surface area contributed by atoms with Gasteiger partial charge in [0, 0.05) is 70.7 Å². The third kappa shape index (κ3) is 13.4. The molecule has 0 bridgehead atoms. The second-order valence-electron chi connectivity index (χ2n) is 21.6. The number of hydrogen-bond acceptors (Lipinski definition) is 15. The maximum Gasteiger partial charge on any atom is 0.246 e. The number of likely N-dealkylation sites (tertiary alicyclic amines) is 2. The van der Waals surface area contributed by atoms with Crippen LogP contribution in [0.5, 0.6) is 0 Å². The molecule has 3 aliphatic rings. The molecule has 0 saturated carbocycles. The van der Waals surface area contributed by atoms with Crippen LogP contribution >= 0.6 is 11.3 Å². The molecule has 0 radical (unpaired) electrons. The number of pyridine rings is 1. The Morgan fingerprint density at radius 1 is 0.877 bits per heavy atom. The molecular weight excluding hydrogens is 945 g/mol. The first kappa shape index (κ1) is 53.7. The maximum atomic E-state index is 14.1. The number of piperidine rings is 2. The zero-order valence-corrected chi connectivity index (χ0v) is 44.8. The van der Waals surface area contributed by atoms with E-state index in [0.29, 0.717) is 37.7 Å². The van der Waals surface area contributed by atoms with Crippen molar-refractivity contribution in [3.8, 4) is 10.4 Å². The number of fused-ring (bicyclic) bond motifs is 1. The Balaban J connectivity index is 0.691. The average molecular weight is 1020 g/mol. The van der Waals surface area contributed by atoms with Crippen LogP contribution < -0.4 is 20.9 Å². The van der Waals surface area contributed by atoms with E-state index in [1.807, 2.05) is 95.8 Å². The summed E-state index contributed by atoms with van der Waals surface area (Å²) in [5, 5.41) is 20.0. The third-order valence-corrected chi connectivity index (χ3v) is 15.8. The molecular formula is C54H76N12O6S. The van der Waals surface area contributed by atoms with Crippen LogP contribution in [-0.4, -0.2) is 146 Å². The van der Waals surface area contributed by atoms with Crippen molar-refractivity contribution in [2.24, 2.45) is 10.8 Å². The number of benzene rings is 1. The lowest BCUT2D eigenvalue weighted by atomic mass is 9.71. The third-order valence-electron chi connectivity index (χ3n) is 14.8. The number of amides is 3. The van der Waals surface area contributed by atoms with Gasteiger partial charge in [0.1, 0.15) is 41.7 Å². The van der Waals surface area contributed by atoms with Gasteiger partial charge in [-0.15, -0.1) is 11.3 Å². The normalized spacial score (nSPS) is 19.2. The quantitative estimate of drug-likeness (QED) is 0.0572. The molecule has 3 saturated heterocycles. The Hall–Kier alpha value is -5.60. The molecule has 394 valence electrons. The van der Waals surface area contributed by atoms with E-state index in [4.69, 9.17) is 14.5 Å². The van der Waals surface area contributed by atoms with Gasteiger partial charge in [0.2, 0.25) is 23.7 Å². The fraction of sp³-hybridized carbons (Fsp3) is 0.593. The first-order chi connectivity index (χ1) is 35.0. The topological polar surface area (TPSA) is 205 Å². The number of anilines is 3. The lowest BCUT2D eigenvalue weighted by molar-refractivity contribution is -0.144. The van der Waals surface area contributed by atoms with Crippen molar-refractivity contribution in [3.05, 3.63) is 71.4 Å². The Morgan fingerprint density at radius 3 is 2.29 bits per heavy atom. The molecule has 73 heavy (non-hydrogen) atoms. The highest BCUT2D eigenvalue weighted by molar-refractivity contribution is 7.13. The molecule has 3 fully saturated rings. The summed E-state index contributed by atoms with van der Waals surface area (Å²) < 4.78 is 13.9. The van der Waals surface area contributed by atoms with Gasteiger partial charge in [-0.2, -0.15) is 4.98 Å². The highest BCUT2D eigenvalue weighted by Gasteiger charge is 2.45. The van der Waals surface area contributed by atoms with Crippen LogP contribution in [0.4, 0.5) is 17.6 Å². The number of carbonyl (C=O) groups excluding carboxylic acids is 3. The van der Waals surface area contributed by atoms with E-state index in [2.05, 4.69) is 64.1 Å².